The Labute approximate surface area is 134 Å². The molecule has 2 rings (SSSR count). The predicted octanol–water partition coefficient (Wildman–Crippen LogP) is 0.954. The van der Waals surface area contributed by atoms with Crippen molar-refractivity contribution in [1.82, 2.24) is 5.32 Å². The molecule has 1 aromatic rings. The van der Waals surface area contributed by atoms with Gasteiger partial charge >= 0.3 is 5.97 Å². The van der Waals surface area contributed by atoms with Gasteiger partial charge in [-0.2, -0.15) is 0 Å². The van der Waals surface area contributed by atoms with Gasteiger partial charge in [-0.3, -0.25) is 9.59 Å². The highest BCUT2D eigenvalue weighted by Crippen LogP contribution is 2.46. The van der Waals surface area contributed by atoms with E-state index in [4.69, 9.17) is 4.74 Å². The summed E-state index contributed by atoms with van der Waals surface area (Å²) in [6.45, 7) is 0.774. The highest BCUT2D eigenvalue weighted by Gasteiger charge is 2.56. The molecule has 0 saturated heterocycles. The number of nitrogens with one attached hydrogen (secondary N) is 2. The van der Waals surface area contributed by atoms with E-state index < -0.39 is 11.4 Å². The van der Waals surface area contributed by atoms with Crippen molar-refractivity contribution in [3.05, 3.63) is 29.8 Å². The van der Waals surface area contributed by atoms with Gasteiger partial charge < -0.3 is 20.1 Å². The quantitative estimate of drug-likeness (QED) is 0.443. The first-order valence-electron chi connectivity index (χ1n) is 7.30. The fourth-order valence-corrected chi connectivity index (χ4v) is 2.18. The summed E-state index contributed by atoms with van der Waals surface area (Å²) in [6.07, 6.45) is 1.05. The Morgan fingerprint density at radius 1 is 1.09 bits per heavy atom. The van der Waals surface area contributed by atoms with Gasteiger partial charge in [0.1, 0.15) is 5.41 Å². The van der Waals surface area contributed by atoms with Gasteiger partial charge in [0.2, 0.25) is 11.8 Å². The molecule has 1 aliphatic rings. The molecule has 0 heterocycles. The van der Waals surface area contributed by atoms with Crippen LogP contribution < -0.4 is 10.6 Å². The number of esters is 1. The van der Waals surface area contributed by atoms with E-state index in [2.05, 4.69) is 15.4 Å². The first-order valence-corrected chi connectivity index (χ1v) is 7.30. The zero-order chi connectivity index (χ0) is 16.9. The van der Waals surface area contributed by atoms with Crippen molar-refractivity contribution in [2.75, 3.05) is 32.7 Å². The molecule has 0 radical (unpaired) electrons. The van der Waals surface area contributed by atoms with E-state index in [9.17, 15) is 14.4 Å². The molecule has 0 spiro atoms. The van der Waals surface area contributed by atoms with Gasteiger partial charge in [0.05, 0.1) is 19.3 Å². The number of ether oxygens (including phenoxy) is 2. The third-order valence-electron chi connectivity index (χ3n) is 3.77. The summed E-state index contributed by atoms with van der Waals surface area (Å²) in [7, 11) is 2.85. The first kappa shape index (κ1) is 17.0. The summed E-state index contributed by atoms with van der Waals surface area (Å²) in [5.41, 5.74) is -0.0723. The van der Waals surface area contributed by atoms with Crippen molar-refractivity contribution >= 4 is 23.5 Å². The Bertz CT molecular complexity index is 593. The number of anilines is 1. The third kappa shape index (κ3) is 3.87. The van der Waals surface area contributed by atoms with Crippen LogP contribution in [0, 0.1) is 5.41 Å². The van der Waals surface area contributed by atoms with Crippen LogP contribution >= 0.6 is 0 Å². The second kappa shape index (κ2) is 7.23. The fraction of sp³-hybridized carbons (Fsp3) is 0.438. The molecule has 0 aliphatic heterocycles. The zero-order valence-electron chi connectivity index (χ0n) is 13.2. The molecule has 1 saturated carbocycles. The number of amides is 2. The number of hydrogen-bond donors (Lipinski definition) is 2. The molecule has 124 valence electrons. The molecule has 0 unspecified atom stereocenters. The van der Waals surface area contributed by atoms with Crippen LogP contribution in [0.25, 0.3) is 0 Å². The Morgan fingerprint density at radius 2 is 1.74 bits per heavy atom. The monoisotopic (exact) mass is 320 g/mol. The van der Waals surface area contributed by atoms with Crippen molar-refractivity contribution in [2.24, 2.45) is 5.41 Å². The summed E-state index contributed by atoms with van der Waals surface area (Å²) in [4.78, 5) is 35.8. The fourth-order valence-electron chi connectivity index (χ4n) is 2.18. The van der Waals surface area contributed by atoms with E-state index in [0.29, 0.717) is 37.2 Å². The maximum atomic E-state index is 12.4. The minimum absolute atomic E-state index is 0.279. The van der Waals surface area contributed by atoms with Crippen LogP contribution in [0.4, 0.5) is 5.69 Å². The lowest BCUT2D eigenvalue weighted by molar-refractivity contribution is -0.134. The van der Waals surface area contributed by atoms with Crippen LogP contribution in [0.1, 0.15) is 23.2 Å². The average Bonchev–Trinajstić information content (AvgIpc) is 3.37. The molecule has 2 amide bonds. The van der Waals surface area contributed by atoms with Crippen molar-refractivity contribution in [3.63, 3.8) is 0 Å². The summed E-state index contributed by atoms with van der Waals surface area (Å²) >= 11 is 0. The molecule has 1 aliphatic carbocycles. The molecule has 0 aromatic heterocycles. The van der Waals surface area contributed by atoms with E-state index in [1.807, 2.05) is 0 Å². The highest BCUT2D eigenvalue weighted by atomic mass is 16.5. The summed E-state index contributed by atoms with van der Waals surface area (Å²) in [5.74, 6) is -1.06. The van der Waals surface area contributed by atoms with Gasteiger partial charge in [-0.25, -0.2) is 4.79 Å². The maximum absolute atomic E-state index is 12.4. The van der Waals surface area contributed by atoms with E-state index in [0.717, 1.165) is 0 Å². The Balaban J connectivity index is 1.96. The molecule has 7 nitrogen and oxygen atoms in total. The number of methoxy groups -OCH3 is 2. The number of benzene rings is 1. The van der Waals surface area contributed by atoms with Crippen LogP contribution in [-0.2, 0) is 19.1 Å². The average molecular weight is 320 g/mol. The normalized spacial score (nSPS) is 14.7. The Morgan fingerprint density at radius 3 is 2.26 bits per heavy atom. The van der Waals surface area contributed by atoms with Crippen molar-refractivity contribution < 1.29 is 23.9 Å². The lowest BCUT2D eigenvalue weighted by Gasteiger charge is -2.15. The van der Waals surface area contributed by atoms with Crippen LogP contribution in [0.5, 0.6) is 0 Å². The second-order valence-electron chi connectivity index (χ2n) is 5.35. The second-order valence-corrected chi connectivity index (χ2v) is 5.35. The van der Waals surface area contributed by atoms with Gasteiger partial charge in [-0.05, 0) is 37.1 Å². The lowest BCUT2D eigenvalue weighted by Crippen LogP contribution is -2.41. The summed E-state index contributed by atoms with van der Waals surface area (Å²) in [5, 5.41) is 5.42. The Kier molecular flexibility index (Phi) is 5.33. The molecule has 23 heavy (non-hydrogen) atoms. The molecule has 1 fully saturated rings. The van der Waals surface area contributed by atoms with Gasteiger partial charge in [0.25, 0.3) is 0 Å². The number of carbonyl (C=O) groups is 3. The molecule has 0 bridgehead atoms. The minimum Gasteiger partial charge on any atom is -0.465 e. The number of rotatable bonds is 7. The predicted molar refractivity (Wildman–Crippen MR) is 83.0 cm³/mol. The summed E-state index contributed by atoms with van der Waals surface area (Å²) < 4.78 is 9.48. The largest absolute Gasteiger partial charge is 0.465 e. The smallest absolute Gasteiger partial charge is 0.337 e. The van der Waals surface area contributed by atoms with E-state index in [1.54, 1.807) is 31.4 Å². The molecular formula is C16H20N2O5. The van der Waals surface area contributed by atoms with Crippen molar-refractivity contribution in [1.29, 1.82) is 0 Å². The van der Waals surface area contributed by atoms with E-state index >= 15 is 0 Å². The van der Waals surface area contributed by atoms with Crippen LogP contribution in [0.3, 0.4) is 0 Å². The third-order valence-corrected chi connectivity index (χ3v) is 3.77. The molecule has 0 atom stereocenters. The van der Waals surface area contributed by atoms with Gasteiger partial charge in [0, 0.05) is 19.3 Å². The standard InChI is InChI=1S/C16H20N2O5/c1-22-10-9-17-14(20)16(7-8-16)15(21)18-12-5-3-11(4-6-12)13(19)23-2/h3-6H,7-10H2,1-2H3,(H,17,20)(H,18,21). The first-order chi connectivity index (χ1) is 11.0. The number of hydrogen-bond acceptors (Lipinski definition) is 5. The highest BCUT2D eigenvalue weighted by molar-refractivity contribution is 6.13. The minimum atomic E-state index is -0.991. The molecule has 2 N–H and O–H groups in total. The molecular weight excluding hydrogens is 300 g/mol. The van der Waals surface area contributed by atoms with E-state index in [-0.39, 0.29) is 11.8 Å². The van der Waals surface area contributed by atoms with Crippen LogP contribution in [0.2, 0.25) is 0 Å². The van der Waals surface area contributed by atoms with Crippen molar-refractivity contribution in [2.45, 2.75) is 12.8 Å². The van der Waals surface area contributed by atoms with Crippen LogP contribution in [0.15, 0.2) is 24.3 Å². The lowest BCUT2D eigenvalue weighted by atomic mass is 10.0. The van der Waals surface area contributed by atoms with Gasteiger partial charge in [-0.15, -0.1) is 0 Å². The van der Waals surface area contributed by atoms with Gasteiger partial charge in [-0.1, -0.05) is 0 Å². The Hall–Kier alpha value is -2.41. The van der Waals surface area contributed by atoms with Gasteiger partial charge in [0.15, 0.2) is 0 Å². The number of carbonyl (C=O) groups excluding carboxylic acids is 3. The molecule has 7 heteroatoms. The zero-order valence-corrected chi connectivity index (χ0v) is 13.2. The topological polar surface area (TPSA) is 93.7 Å². The SMILES string of the molecule is COCCNC(=O)C1(C(=O)Nc2ccc(C(=O)OC)cc2)CC1. The van der Waals surface area contributed by atoms with E-state index in [1.165, 1.54) is 7.11 Å². The van der Waals surface area contributed by atoms with Crippen molar-refractivity contribution in [3.8, 4) is 0 Å². The van der Waals surface area contributed by atoms with Crippen LogP contribution in [-0.4, -0.2) is 45.2 Å². The maximum Gasteiger partial charge on any atom is 0.337 e. The summed E-state index contributed by atoms with van der Waals surface area (Å²) in [6, 6.07) is 6.31. The molecule has 1 aromatic carbocycles.